The van der Waals surface area contributed by atoms with Crippen molar-refractivity contribution in [2.24, 2.45) is 0 Å². The van der Waals surface area contributed by atoms with Crippen molar-refractivity contribution < 1.29 is 4.79 Å². The molecule has 2 heterocycles. The van der Waals surface area contributed by atoms with Gasteiger partial charge in [-0.25, -0.2) is 0 Å². The van der Waals surface area contributed by atoms with E-state index in [1.165, 1.54) is 25.7 Å². The minimum atomic E-state index is -0.0561. The van der Waals surface area contributed by atoms with Crippen LogP contribution in [0.1, 0.15) is 42.6 Å². The van der Waals surface area contributed by atoms with E-state index in [2.05, 4.69) is 15.6 Å². The van der Waals surface area contributed by atoms with Crippen LogP contribution in [0.25, 0.3) is 0 Å². The first-order chi connectivity index (χ1) is 10.1. The van der Waals surface area contributed by atoms with Gasteiger partial charge >= 0.3 is 0 Å². The summed E-state index contributed by atoms with van der Waals surface area (Å²) in [5, 5.41) is 7.27. The number of nitrogens with zero attached hydrogens (tertiary/aromatic N) is 2. The Balaban J connectivity index is 1.67. The van der Waals surface area contributed by atoms with Crippen molar-refractivity contribution in [2.75, 3.05) is 26.0 Å². The number of carbonyl (C=O) groups excluding carboxylic acids is 1. The molecular weight excluding hydrogens is 264 g/mol. The zero-order chi connectivity index (χ0) is 14.9. The van der Waals surface area contributed by atoms with E-state index >= 15 is 0 Å². The average molecular weight is 288 g/mol. The van der Waals surface area contributed by atoms with Gasteiger partial charge in [0.1, 0.15) is 5.69 Å². The molecule has 3 rings (SSSR count). The number of anilines is 1. The third-order valence-electron chi connectivity index (χ3n) is 4.70. The minimum Gasteiger partial charge on any atom is -0.382 e. The highest BCUT2D eigenvalue weighted by atomic mass is 16.2. The number of hydrogen-bond acceptors (Lipinski definition) is 4. The number of pyridine rings is 1. The maximum Gasteiger partial charge on any atom is 0.272 e. The number of hydrogen-bond donors (Lipinski definition) is 2. The molecule has 5 nitrogen and oxygen atoms in total. The van der Waals surface area contributed by atoms with Gasteiger partial charge < -0.3 is 15.5 Å². The SMILES string of the molecule is CN(C)C(=O)c1cc(NC2CCNC3(CCC3)C2)ccn1. The van der Waals surface area contributed by atoms with Crippen LogP contribution in [0.2, 0.25) is 0 Å². The first-order valence-electron chi connectivity index (χ1n) is 7.77. The van der Waals surface area contributed by atoms with E-state index in [4.69, 9.17) is 0 Å². The number of rotatable bonds is 3. The lowest BCUT2D eigenvalue weighted by Gasteiger charge is -2.48. The summed E-state index contributed by atoms with van der Waals surface area (Å²) in [6, 6.07) is 4.29. The molecule has 1 aromatic rings. The summed E-state index contributed by atoms with van der Waals surface area (Å²) in [5.74, 6) is -0.0561. The van der Waals surface area contributed by atoms with Crippen molar-refractivity contribution in [1.29, 1.82) is 0 Å². The third kappa shape index (κ3) is 3.02. The molecule has 1 amide bonds. The predicted octanol–water partition coefficient (Wildman–Crippen LogP) is 1.87. The van der Waals surface area contributed by atoms with Crippen LogP contribution in [0, 0.1) is 0 Å². The van der Waals surface area contributed by atoms with Gasteiger partial charge in [-0.3, -0.25) is 9.78 Å². The van der Waals surface area contributed by atoms with Gasteiger partial charge in [0.15, 0.2) is 0 Å². The molecule has 1 aliphatic heterocycles. The predicted molar refractivity (Wildman–Crippen MR) is 83.5 cm³/mol. The van der Waals surface area contributed by atoms with Crippen molar-refractivity contribution in [3.63, 3.8) is 0 Å². The van der Waals surface area contributed by atoms with Gasteiger partial charge in [-0.2, -0.15) is 0 Å². The molecule has 2 aliphatic rings. The van der Waals surface area contributed by atoms with Crippen LogP contribution < -0.4 is 10.6 Å². The molecule has 0 radical (unpaired) electrons. The van der Waals surface area contributed by atoms with E-state index in [1.54, 1.807) is 25.2 Å². The van der Waals surface area contributed by atoms with E-state index in [1.807, 2.05) is 12.1 Å². The molecule has 0 bridgehead atoms. The van der Waals surface area contributed by atoms with Crippen molar-refractivity contribution in [3.05, 3.63) is 24.0 Å². The molecular formula is C16H24N4O. The molecule has 1 unspecified atom stereocenters. The Morgan fingerprint density at radius 1 is 1.48 bits per heavy atom. The van der Waals surface area contributed by atoms with Gasteiger partial charge in [-0.05, 0) is 50.8 Å². The molecule has 114 valence electrons. The summed E-state index contributed by atoms with van der Waals surface area (Å²) >= 11 is 0. The standard InChI is InChI=1S/C16H24N4O/c1-20(2)15(21)14-10-12(4-8-17-14)19-13-5-9-18-16(11-13)6-3-7-16/h4,8,10,13,18H,3,5-7,9,11H2,1-2H3,(H,17,19). The van der Waals surface area contributed by atoms with Gasteiger partial charge in [-0.1, -0.05) is 0 Å². The Labute approximate surface area is 126 Å². The zero-order valence-electron chi connectivity index (χ0n) is 12.9. The van der Waals surface area contributed by atoms with Gasteiger partial charge in [0.2, 0.25) is 0 Å². The van der Waals surface area contributed by atoms with E-state index in [9.17, 15) is 4.79 Å². The summed E-state index contributed by atoms with van der Waals surface area (Å²) in [4.78, 5) is 17.7. The summed E-state index contributed by atoms with van der Waals surface area (Å²) < 4.78 is 0. The van der Waals surface area contributed by atoms with Crippen LogP contribution in [0.4, 0.5) is 5.69 Å². The molecule has 1 aromatic heterocycles. The van der Waals surface area contributed by atoms with Crippen LogP contribution in [0.15, 0.2) is 18.3 Å². The summed E-state index contributed by atoms with van der Waals surface area (Å²) in [6.45, 7) is 1.08. The quantitative estimate of drug-likeness (QED) is 0.891. The lowest BCUT2D eigenvalue weighted by molar-refractivity contribution is 0.0822. The largest absolute Gasteiger partial charge is 0.382 e. The topological polar surface area (TPSA) is 57.3 Å². The first-order valence-corrected chi connectivity index (χ1v) is 7.77. The van der Waals surface area contributed by atoms with Gasteiger partial charge in [0.25, 0.3) is 5.91 Å². The molecule has 0 aromatic carbocycles. The lowest BCUT2D eigenvalue weighted by Crippen LogP contribution is -2.58. The monoisotopic (exact) mass is 288 g/mol. The Kier molecular flexibility index (Phi) is 3.85. The fourth-order valence-corrected chi connectivity index (χ4v) is 3.37. The Hall–Kier alpha value is -1.62. The Bertz CT molecular complexity index is 525. The zero-order valence-corrected chi connectivity index (χ0v) is 12.9. The third-order valence-corrected chi connectivity index (χ3v) is 4.70. The van der Waals surface area contributed by atoms with Crippen molar-refractivity contribution in [2.45, 2.75) is 43.7 Å². The maximum atomic E-state index is 12.0. The van der Waals surface area contributed by atoms with Crippen molar-refractivity contribution in [3.8, 4) is 0 Å². The van der Waals surface area contributed by atoms with Crippen LogP contribution in [0.5, 0.6) is 0 Å². The second-order valence-corrected chi connectivity index (χ2v) is 6.52. The Morgan fingerprint density at radius 3 is 2.95 bits per heavy atom. The van der Waals surface area contributed by atoms with Crippen LogP contribution >= 0.6 is 0 Å². The first kappa shape index (κ1) is 14.3. The smallest absolute Gasteiger partial charge is 0.272 e. The highest BCUT2D eigenvalue weighted by Gasteiger charge is 2.40. The number of aromatic nitrogens is 1. The molecule has 1 saturated carbocycles. The number of carbonyl (C=O) groups is 1. The highest BCUT2D eigenvalue weighted by Crippen LogP contribution is 2.38. The van der Waals surface area contributed by atoms with E-state index in [-0.39, 0.29) is 5.91 Å². The lowest BCUT2D eigenvalue weighted by atomic mass is 9.70. The average Bonchev–Trinajstić information content (AvgIpc) is 2.45. The molecule has 1 saturated heterocycles. The number of amides is 1. The second-order valence-electron chi connectivity index (χ2n) is 6.52. The number of piperidine rings is 1. The van der Waals surface area contributed by atoms with Crippen molar-refractivity contribution >= 4 is 11.6 Å². The molecule has 5 heteroatoms. The summed E-state index contributed by atoms with van der Waals surface area (Å²) in [5.41, 5.74) is 1.87. The maximum absolute atomic E-state index is 12.0. The van der Waals surface area contributed by atoms with Gasteiger partial charge in [0.05, 0.1) is 0 Å². The molecule has 2 N–H and O–H groups in total. The summed E-state index contributed by atoms with van der Waals surface area (Å²) in [6.07, 6.45) is 7.95. The minimum absolute atomic E-state index is 0.0561. The van der Waals surface area contributed by atoms with E-state index in [0.717, 1.165) is 18.7 Å². The van der Waals surface area contributed by atoms with Crippen molar-refractivity contribution in [1.82, 2.24) is 15.2 Å². The second kappa shape index (κ2) is 5.64. The fraction of sp³-hybridized carbons (Fsp3) is 0.625. The molecule has 1 spiro atoms. The van der Waals surface area contributed by atoms with Crippen LogP contribution in [0.3, 0.4) is 0 Å². The highest BCUT2D eigenvalue weighted by molar-refractivity contribution is 5.92. The van der Waals surface area contributed by atoms with E-state index < -0.39 is 0 Å². The van der Waals surface area contributed by atoms with Crippen LogP contribution in [-0.4, -0.2) is 48.0 Å². The van der Waals surface area contributed by atoms with E-state index in [0.29, 0.717) is 17.3 Å². The normalized spacial score (nSPS) is 23.4. The summed E-state index contributed by atoms with van der Waals surface area (Å²) in [7, 11) is 3.49. The van der Waals surface area contributed by atoms with Gasteiger partial charge in [-0.15, -0.1) is 0 Å². The molecule has 1 aliphatic carbocycles. The Morgan fingerprint density at radius 2 is 2.29 bits per heavy atom. The van der Waals surface area contributed by atoms with Gasteiger partial charge in [0, 0.05) is 37.6 Å². The fourth-order valence-electron chi connectivity index (χ4n) is 3.37. The van der Waals surface area contributed by atoms with Crippen LogP contribution in [-0.2, 0) is 0 Å². The molecule has 2 fully saturated rings. The molecule has 1 atom stereocenters. The number of nitrogens with one attached hydrogen (secondary N) is 2. The molecule has 21 heavy (non-hydrogen) atoms.